The Morgan fingerprint density at radius 1 is 1.19 bits per heavy atom. The lowest BCUT2D eigenvalue weighted by atomic mass is 10.1. The van der Waals surface area contributed by atoms with Crippen LogP contribution in [0.5, 0.6) is 0 Å². The van der Waals surface area contributed by atoms with E-state index in [1.807, 2.05) is 16.7 Å². The Kier molecular flexibility index (Phi) is 5.76. The van der Waals surface area contributed by atoms with E-state index in [-0.39, 0.29) is 24.5 Å². The molecule has 2 fully saturated rings. The summed E-state index contributed by atoms with van der Waals surface area (Å²) >= 11 is 0. The van der Waals surface area contributed by atoms with Crippen LogP contribution in [0.2, 0.25) is 0 Å². The van der Waals surface area contributed by atoms with E-state index in [1.54, 1.807) is 14.0 Å². The lowest BCUT2D eigenvalue weighted by molar-refractivity contribution is -0.135. The predicted octanol–water partition coefficient (Wildman–Crippen LogP) is 1.37. The van der Waals surface area contributed by atoms with Crippen molar-refractivity contribution in [1.82, 2.24) is 14.8 Å². The Morgan fingerprint density at radius 2 is 1.92 bits per heavy atom. The van der Waals surface area contributed by atoms with Gasteiger partial charge in [-0.15, -0.1) is 0 Å². The van der Waals surface area contributed by atoms with E-state index in [2.05, 4.69) is 17.0 Å². The fourth-order valence-electron chi connectivity index (χ4n) is 3.91. The second kappa shape index (κ2) is 8.03. The van der Waals surface area contributed by atoms with E-state index < -0.39 is 0 Å². The standard InChI is InChI=1S/C19H28N4O3/c1-14-11-16(21-7-9-22(10-8-21)19(25)13-26-3)12-17(20-14)18-5-4-6-23(18)15(2)24/h11-12,18H,4-10,13H2,1-3H3/t18-/m1/s1. The molecule has 7 heteroatoms. The van der Waals surface area contributed by atoms with Crippen LogP contribution in [-0.4, -0.2) is 73.0 Å². The van der Waals surface area contributed by atoms with Gasteiger partial charge < -0.3 is 19.4 Å². The summed E-state index contributed by atoms with van der Waals surface area (Å²) in [6.07, 6.45) is 1.99. The lowest BCUT2D eigenvalue weighted by Gasteiger charge is -2.36. The van der Waals surface area contributed by atoms with Crippen molar-refractivity contribution in [2.75, 3.05) is 51.3 Å². The van der Waals surface area contributed by atoms with E-state index >= 15 is 0 Å². The molecule has 7 nitrogen and oxygen atoms in total. The molecule has 0 bridgehead atoms. The number of piperazine rings is 1. The second-order valence-corrected chi connectivity index (χ2v) is 7.06. The largest absolute Gasteiger partial charge is 0.375 e. The molecular formula is C19H28N4O3. The topological polar surface area (TPSA) is 66.0 Å². The number of hydrogen-bond acceptors (Lipinski definition) is 5. The van der Waals surface area contributed by atoms with Crippen LogP contribution >= 0.6 is 0 Å². The number of aromatic nitrogens is 1. The molecule has 26 heavy (non-hydrogen) atoms. The Balaban J connectivity index is 1.73. The number of hydrogen-bond donors (Lipinski definition) is 0. The molecule has 0 N–H and O–H groups in total. The first-order valence-corrected chi connectivity index (χ1v) is 9.27. The molecule has 3 heterocycles. The van der Waals surface area contributed by atoms with E-state index in [4.69, 9.17) is 9.72 Å². The van der Waals surface area contributed by atoms with Crippen molar-refractivity contribution in [3.63, 3.8) is 0 Å². The maximum Gasteiger partial charge on any atom is 0.248 e. The first kappa shape index (κ1) is 18.6. The summed E-state index contributed by atoms with van der Waals surface area (Å²) in [6.45, 7) is 7.55. The molecular weight excluding hydrogens is 332 g/mol. The summed E-state index contributed by atoms with van der Waals surface area (Å²) in [5.41, 5.74) is 3.07. The quantitative estimate of drug-likeness (QED) is 0.811. The Labute approximate surface area is 154 Å². The molecule has 2 aliphatic rings. The van der Waals surface area contributed by atoms with Crippen molar-refractivity contribution in [3.8, 4) is 0 Å². The number of amides is 2. The fraction of sp³-hybridized carbons (Fsp3) is 0.632. The van der Waals surface area contributed by atoms with E-state index in [1.165, 1.54) is 0 Å². The van der Waals surface area contributed by atoms with Crippen LogP contribution in [0.1, 0.15) is 37.2 Å². The van der Waals surface area contributed by atoms with E-state index in [9.17, 15) is 9.59 Å². The molecule has 0 aliphatic carbocycles. The maximum atomic E-state index is 12.0. The summed E-state index contributed by atoms with van der Waals surface area (Å²) < 4.78 is 4.94. The minimum atomic E-state index is 0.0433. The zero-order valence-corrected chi connectivity index (χ0v) is 15.9. The molecule has 142 valence electrons. The Hall–Kier alpha value is -2.15. The van der Waals surface area contributed by atoms with Crippen LogP contribution in [0.3, 0.4) is 0 Å². The van der Waals surface area contributed by atoms with Crippen LogP contribution in [0.25, 0.3) is 0 Å². The number of methoxy groups -OCH3 is 1. The van der Waals surface area contributed by atoms with Crippen LogP contribution in [0, 0.1) is 6.92 Å². The first-order valence-electron chi connectivity index (χ1n) is 9.27. The van der Waals surface area contributed by atoms with Crippen molar-refractivity contribution in [3.05, 3.63) is 23.5 Å². The molecule has 0 spiro atoms. The van der Waals surface area contributed by atoms with Gasteiger partial charge in [-0.3, -0.25) is 14.6 Å². The van der Waals surface area contributed by atoms with Crippen molar-refractivity contribution >= 4 is 17.5 Å². The van der Waals surface area contributed by atoms with Gasteiger partial charge >= 0.3 is 0 Å². The zero-order valence-electron chi connectivity index (χ0n) is 15.9. The summed E-state index contributed by atoms with van der Waals surface area (Å²) in [5.74, 6) is 0.157. The van der Waals surface area contributed by atoms with E-state index in [0.717, 1.165) is 49.6 Å². The van der Waals surface area contributed by atoms with Crippen LogP contribution < -0.4 is 4.90 Å². The van der Waals surface area contributed by atoms with Gasteiger partial charge in [0.15, 0.2) is 0 Å². The van der Waals surface area contributed by atoms with Gasteiger partial charge in [-0.05, 0) is 31.9 Å². The van der Waals surface area contributed by atoms with Crippen LogP contribution in [-0.2, 0) is 14.3 Å². The van der Waals surface area contributed by atoms with Crippen molar-refractivity contribution < 1.29 is 14.3 Å². The van der Waals surface area contributed by atoms with Gasteiger partial charge in [-0.1, -0.05) is 0 Å². The number of carbonyl (C=O) groups is 2. The van der Waals surface area contributed by atoms with Gasteiger partial charge in [0.2, 0.25) is 11.8 Å². The smallest absolute Gasteiger partial charge is 0.248 e. The summed E-state index contributed by atoms with van der Waals surface area (Å²) in [4.78, 5) is 34.6. The van der Waals surface area contributed by atoms with Gasteiger partial charge in [0, 0.05) is 58.1 Å². The molecule has 3 rings (SSSR count). The lowest BCUT2D eigenvalue weighted by Crippen LogP contribution is -2.49. The van der Waals surface area contributed by atoms with Gasteiger partial charge in [0.05, 0.1) is 11.7 Å². The number of aryl methyl sites for hydroxylation is 1. The van der Waals surface area contributed by atoms with Gasteiger partial charge in [0.1, 0.15) is 6.61 Å². The minimum Gasteiger partial charge on any atom is -0.375 e. The zero-order chi connectivity index (χ0) is 18.7. The highest BCUT2D eigenvalue weighted by molar-refractivity contribution is 5.77. The molecule has 0 aromatic carbocycles. The van der Waals surface area contributed by atoms with Gasteiger partial charge in [-0.2, -0.15) is 0 Å². The van der Waals surface area contributed by atoms with Crippen molar-refractivity contribution in [1.29, 1.82) is 0 Å². The third-order valence-corrected chi connectivity index (χ3v) is 5.22. The monoisotopic (exact) mass is 360 g/mol. The number of pyridine rings is 1. The highest BCUT2D eigenvalue weighted by atomic mass is 16.5. The fourth-order valence-corrected chi connectivity index (χ4v) is 3.91. The average Bonchev–Trinajstić information content (AvgIpc) is 3.12. The minimum absolute atomic E-state index is 0.0433. The molecule has 1 aromatic rings. The summed E-state index contributed by atoms with van der Waals surface area (Å²) in [5, 5.41) is 0. The molecule has 0 unspecified atom stereocenters. The third kappa shape index (κ3) is 3.98. The van der Waals surface area contributed by atoms with Gasteiger partial charge in [-0.25, -0.2) is 0 Å². The molecule has 1 atom stereocenters. The van der Waals surface area contributed by atoms with Crippen LogP contribution in [0.4, 0.5) is 5.69 Å². The first-order chi connectivity index (χ1) is 12.5. The Morgan fingerprint density at radius 3 is 2.58 bits per heavy atom. The normalized spacial score (nSPS) is 20.6. The number of likely N-dealkylation sites (tertiary alicyclic amines) is 1. The summed E-state index contributed by atoms with van der Waals surface area (Å²) in [7, 11) is 1.54. The highest BCUT2D eigenvalue weighted by Crippen LogP contribution is 2.33. The number of ether oxygens (including phenoxy) is 1. The molecule has 2 aliphatic heterocycles. The van der Waals surface area contributed by atoms with Crippen molar-refractivity contribution in [2.45, 2.75) is 32.7 Å². The molecule has 1 aromatic heterocycles. The summed E-state index contributed by atoms with van der Waals surface area (Å²) in [6, 6.07) is 4.28. The number of nitrogens with zero attached hydrogens (tertiary/aromatic N) is 4. The number of rotatable bonds is 4. The molecule has 2 amide bonds. The SMILES string of the molecule is COCC(=O)N1CCN(c2cc(C)nc([C@H]3CCCN3C(C)=O)c2)CC1. The molecule has 2 saturated heterocycles. The van der Waals surface area contributed by atoms with E-state index in [0.29, 0.717) is 13.1 Å². The Bertz CT molecular complexity index is 671. The highest BCUT2D eigenvalue weighted by Gasteiger charge is 2.30. The van der Waals surface area contributed by atoms with Crippen molar-refractivity contribution in [2.24, 2.45) is 0 Å². The average molecular weight is 360 g/mol. The second-order valence-electron chi connectivity index (χ2n) is 7.06. The van der Waals surface area contributed by atoms with Gasteiger partial charge in [0.25, 0.3) is 0 Å². The van der Waals surface area contributed by atoms with Crippen LogP contribution in [0.15, 0.2) is 12.1 Å². The maximum absolute atomic E-state index is 12.0. The third-order valence-electron chi connectivity index (χ3n) is 5.22. The molecule has 0 radical (unpaired) electrons. The predicted molar refractivity (Wildman–Crippen MR) is 99.0 cm³/mol. The number of carbonyl (C=O) groups excluding carboxylic acids is 2. The molecule has 0 saturated carbocycles. The number of anilines is 1.